The first-order chi connectivity index (χ1) is 15.3. The summed E-state index contributed by atoms with van der Waals surface area (Å²) in [5.74, 6) is -0.192. The van der Waals surface area contributed by atoms with Crippen molar-refractivity contribution in [3.8, 4) is 5.75 Å². The van der Waals surface area contributed by atoms with Gasteiger partial charge in [0, 0.05) is 23.1 Å². The van der Waals surface area contributed by atoms with E-state index in [9.17, 15) is 14.0 Å². The van der Waals surface area contributed by atoms with Crippen LogP contribution < -0.4 is 10.2 Å². The van der Waals surface area contributed by atoms with Crippen molar-refractivity contribution in [2.45, 2.75) is 40.0 Å². The van der Waals surface area contributed by atoms with Crippen molar-refractivity contribution in [2.24, 2.45) is 5.10 Å². The zero-order chi connectivity index (χ0) is 22.8. The molecule has 1 amide bonds. The highest BCUT2D eigenvalue weighted by molar-refractivity contribution is 6.06. The summed E-state index contributed by atoms with van der Waals surface area (Å²) in [6.07, 6.45) is 2.07. The fourth-order valence-corrected chi connectivity index (χ4v) is 3.90. The molecule has 1 N–H and O–H groups in total. The summed E-state index contributed by atoms with van der Waals surface area (Å²) in [7, 11) is 0. The van der Waals surface area contributed by atoms with E-state index in [-0.39, 0.29) is 5.76 Å². The molecular formula is C25H23FN2O4. The van der Waals surface area contributed by atoms with Crippen LogP contribution in [0.25, 0.3) is 0 Å². The second-order valence-corrected chi connectivity index (χ2v) is 7.93. The fraction of sp³-hybridized carbons (Fsp3) is 0.240. The summed E-state index contributed by atoms with van der Waals surface area (Å²) >= 11 is 0. The minimum absolute atomic E-state index is 0.133. The van der Waals surface area contributed by atoms with Crippen LogP contribution in [-0.2, 0) is 6.42 Å². The average Bonchev–Trinajstić information content (AvgIpc) is 3.09. The number of nitrogens with one attached hydrogen (secondary N) is 1. The lowest BCUT2D eigenvalue weighted by Gasteiger charge is -2.13. The predicted octanol–water partition coefficient (Wildman–Crippen LogP) is 5.03. The van der Waals surface area contributed by atoms with Crippen LogP contribution >= 0.6 is 0 Å². The molecule has 0 saturated carbocycles. The van der Waals surface area contributed by atoms with Gasteiger partial charge in [0.1, 0.15) is 17.3 Å². The molecule has 1 aliphatic carbocycles. The number of nitrogens with zero attached hydrogens (tertiary/aromatic N) is 1. The molecule has 3 aromatic rings. The summed E-state index contributed by atoms with van der Waals surface area (Å²) < 4.78 is 24.5. The van der Waals surface area contributed by atoms with E-state index in [1.165, 1.54) is 24.3 Å². The number of carbonyl (C=O) groups excluding carboxylic acids is 2. The Hall–Kier alpha value is -3.74. The molecule has 0 saturated heterocycles. The number of benzene rings is 2. The van der Waals surface area contributed by atoms with Gasteiger partial charge in [0.2, 0.25) is 5.76 Å². The zero-order valence-corrected chi connectivity index (χ0v) is 18.1. The van der Waals surface area contributed by atoms with Crippen LogP contribution in [0.4, 0.5) is 4.39 Å². The summed E-state index contributed by atoms with van der Waals surface area (Å²) in [6.45, 7) is 5.65. The van der Waals surface area contributed by atoms with Crippen molar-refractivity contribution < 1.29 is 23.1 Å². The molecule has 164 valence electrons. The smallest absolute Gasteiger partial charge is 0.379 e. The number of halogens is 1. The van der Waals surface area contributed by atoms with Crippen LogP contribution in [0.2, 0.25) is 0 Å². The molecule has 4 rings (SSSR count). The van der Waals surface area contributed by atoms with Gasteiger partial charge in [-0.15, -0.1) is 0 Å². The number of hydrogen-bond acceptors (Lipinski definition) is 5. The maximum absolute atomic E-state index is 13.1. The highest BCUT2D eigenvalue weighted by atomic mass is 19.1. The molecule has 0 aliphatic heterocycles. The quantitative estimate of drug-likeness (QED) is 0.355. The first-order valence-electron chi connectivity index (χ1n) is 10.4. The number of esters is 1. The summed E-state index contributed by atoms with van der Waals surface area (Å²) in [5.41, 5.74) is 6.79. The average molecular weight is 434 g/mol. The Morgan fingerprint density at radius 1 is 1.03 bits per heavy atom. The number of hydrogen-bond donors (Lipinski definition) is 1. The normalized spacial score (nSPS) is 14.2. The number of carbonyl (C=O) groups is 2. The summed E-state index contributed by atoms with van der Waals surface area (Å²) in [6, 6.07) is 10.8. The van der Waals surface area contributed by atoms with Crippen molar-refractivity contribution in [3.05, 3.63) is 87.6 Å². The third kappa shape index (κ3) is 4.46. The van der Waals surface area contributed by atoms with Gasteiger partial charge < -0.3 is 9.15 Å². The number of hydrazone groups is 1. The van der Waals surface area contributed by atoms with Crippen LogP contribution in [0.3, 0.4) is 0 Å². The molecule has 2 aromatic carbocycles. The van der Waals surface area contributed by atoms with E-state index in [1.54, 1.807) is 19.1 Å². The van der Waals surface area contributed by atoms with Crippen molar-refractivity contribution in [3.63, 3.8) is 0 Å². The molecule has 1 heterocycles. The van der Waals surface area contributed by atoms with Gasteiger partial charge in [0.05, 0.1) is 5.71 Å². The minimum atomic E-state index is -0.573. The highest BCUT2D eigenvalue weighted by Crippen LogP contribution is 2.31. The van der Waals surface area contributed by atoms with Gasteiger partial charge in [-0.25, -0.2) is 14.6 Å². The van der Waals surface area contributed by atoms with E-state index in [2.05, 4.69) is 10.5 Å². The molecule has 7 heteroatoms. The van der Waals surface area contributed by atoms with E-state index >= 15 is 0 Å². The van der Waals surface area contributed by atoms with Crippen LogP contribution in [0.15, 0.2) is 52.0 Å². The topological polar surface area (TPSA) is 80.9 Å². The van der Waals surface area contributed by atoms with E-state index in [0.717, 1.165) is 23.1 Å². The minimum Gasteiger partial charge on any atom is -0.453 e. The third-order valence-electron chi connectivity index (χ3n) is 5.32. The number of furan rings is 1. The first-order valence-corrected chi connectivity index (χ1v) is 10.4. The number of ether oxygens (including phenoxy) is 1. The van der Waals surface area contributed by atoms with Crippen molar-refractivity contribution in [2.75, 3.05) is 0 Å². The van der Waals surface area contributed by atoms with Gasteiger partial charge in [-0.05, 0) is 81.1 Å². The van der Waals surface area contributed by atoms with Gasteiger partial charge in [0.15, 0.2) is 0 Å². The van der Waals surface area contributed by atoms with Crippen molar-refractivity contribution >= 4 is 17.6 Å². The largest absolute Gasteiger partial charge is 0.453 e. The number of amides is 1. The van der Waals surface area contributed by atoms with Gasteiger partial charge in [-0.3, -0.25) is 4.79 Å². The molecule has 0 spiro atoms. The Morgan fingerprint density at radius 2 is 1.72 bits per heavy atom. The van der Waals surface area contributed by atoms with Gasteiger partial charge >= 0.3 is 5.97 Å². The molecule has 0 radical (unpaired) electrons. The predicted molar refractivity (Wildman–Crippen MR) is 118 cm³/mol. The third-order valence-corrected chi connectivity index (χ3v) is 5.32. The number of rotatable bonds is 4. The summed E-state index contributed by atoms with van der Waals surface area (Å²) in [5, 5.41) is 4.28. The van der Waals surface area contributed by atoms with Crippen LogP contribution in [0, 0.1) is 26.6 Å². The van der Waals surface area contributed by atoms with Gasteiger partial charge in [-0.2, -0.15) is 5.10 Å². The molecule has 0 unspecified atom stereocenters. The highest BCUT2D eigenvalue weighted by Gasteiger charge is 2.29. The fourth-order valence-electron chi connectivity index (χ4n) is 3.90. The van der Waals surface area contributed by atoms with Crippen LogP contribution in [0.1, 0.15) is 61.8 Å². The Kier molecular flexibility index (Phi) is 5.90. The van der Waals surface area contributed by atoms with E-state index in [0.29, 0.717) is 41.2 Å². The lowest BCUT2D eigenvalue weighted by atomic mass is 9.93. The van der Waals surface area contributed by atoms with E-state index in [4.69, 9.17) is 9.15 Å². The molecule has 32 heavy (non-hydrogen) atoms. The molecular weight excluding hydrogens is 411 g/mol. The SMILES string of the molecule is Cc1cc(C)cc(OC(=O)c2oc3c(c2C)/C(=N/NC(=O)c2ccc(F)cc2)CCC3)c1. The number of aryl methyl sites for hydroxylation is 3. The maximum Gasteiger partial charge on any atom is 0.379 e. The lowest BCUT2D eigenvalue weighted by molar-refractivity contribution is 0.0698. The van der Waals surface area contributed by atoms with Crippen molar-refractivity contribution in [1.82, 2.24) is 5.43 Å². The molecule has 6 nitrogen and oxygen atoms in total. The number of fused-ring (bicyclic) bond motifs is 1. The molecule has 0 fully saturated rings. The van der Waals surface area contributed by atoms with Crippen LogP contribution in [-0.4, -0.2) is 17.6 Å². The molecule has 0 bridgehead atoms. The Morgan fingerprint density at radius 3 is 2.41 bits per heavy atom. The second-order valence-electron chi connectivity index (χ2n) is 7.93. The maximum atomic E-state index is 13.1. The second kappa shape index (κ2) is 8.78. The Labute approximate surface area is 185 Å². The molecule has 1 aromatic heterocycles. The monoisotopic (exact) mass is 434 g/mol. The lowest BCUT2D eigenvalue weighted by Crippen LogP contribution is -2.22. The summed E-state index contributed by atoms with van der Waals surface area (Å²) in [4.78, 5) is 25.1. The van der Waals surface area contributed by atoms with Crippen LogP contribution in [0.5, 0.6) is 5.75 Å². The van der Waals surface area contributed by atoms with Gasteiger partial charge in [-0.1, -0.05) is 6.07 Å². The van der Waals surface area contributed by atoms with E-state index < -0.39 is 17.7 Å². The Balaban J connectivity index is 1.57. The van der Waals surface area contributed by atoms with Crippen molar-refractivity contribution in [1.29, 1.82) is 0 Å². The Bertz CT molecular complexity index is 1210. The first kappa shape index (κ1) is 21.5. The molecule has 0 atom stereocenters. The molecule has 1 aliphatic rings. The zero-order valence-electron chi connectivity index (χ0n) is 18.1. The van der Waals surface area contributed by atoms with Gasteiger partial charge in [0.25, 0.3) is 5.91 Å². The van der Waals surface area contributed by atoms with E-state index in [1.807, 2.05) is 19.9 Å². The standard InChI is InChI=1S/C25H23FN2O4/c1-14-11-15(2)13-19(12-14)31-25(30)23-16(3)22-20(5-4-6-21(22)32-23)27-28-24(29)17-7-9-18(26)10-8-17/h7-13H,4-6H2,1-3H3,(H,28,29)/b27-20+.